The second-order valence-corrected chi connectivity index (χ2v) is 6.87. The van der Waals surface area contributed by atoms with Crippen molar-refractivity contribution in [3.8, 4) is 11.1 Å². The van der Waals surface area contributed by atoms with E-state index in [0.29, 0.717) is 6.61 Å². The molecule has 0 fully saturated rings. The van der Waals surface area contributed by atoms with Crippen molar-refractivity contribution in [2.45, 2.75) is 13.0 Å². The first-order chi connectivity index (χ1) is 13.8. The summed E-state index contributed by atoms with van der Waals surface area (Å²) in [7, 11) is 0. The van der Waals surface area contributed by atoms with Crippen LogP contribution in [0, 0.1) is 0 Å². The predicted octanol–water partition coefficient (Wildman–Crippen LogP) is 5.90. The number of rotatable bonds is 2. The van der Waals surface area contributed by atoms with Crippen LogP contribution in [0.5, 0.6) is 0 Å². The number of aromatic amines is 1. The van der Waals surface area contributed by atoms with Crippen LogP contribution in [0.3, 0.4) is 0 Å². The van der Waals surface area contributed by atoms with E-state index in [9.17, 15) is 4.79 Å². The Kier molecular flexibility index (Phi) is 3.90. The minimum absolute atomic E-state index is 0.263. The topological polar surface area (TPSA) is 45.3 Å². The minimum Gasteiger partial charge on any atom is -0.449 e. The lowest BCUT2D eigenvalue weighted by Gasteiger charge is -2.37. The third-order valence-electron chi connectivity index (χ3n) is 5.35. The van der Waals surface area contributed by atoms with Crippen LogP contribution in [-0.2, 0) is 4.74 Å². The maximum absolute atomic E-state index is 13.1. The minimum atomic E-state index is -0.334. The normalized spacial score (nSPS) is 15.2. The van der Waals surface area contributed by atoms with Gasteiger partial charge in [0.15, 0.2) is 0 Å². The fourth-order valence-corrected chi connectivity index (χ4v) is 4.19. The van der Waals surface area contributed by atoms with Crippen LogP contribution < -0.4 is 4.90 Å². The second-order valence-electron chi connectivity index (χ2n) is 6.87. The summed E-state index contributed by atoms with van der Waals surface area (Å²) in [4.78, 5) is 18.2. The molecule has 3 aromatic carbocycles. The number of H-pyrrole nitrogens is 1. The summed E-state index contributed by atoms with van der Waals surface area (Å²) < 4.78 is 5.47. The molecule has 4 aromatic rings. The Hall–Kier alpha value is -3.53. The van der Waals surface area contributed by atoms with Gasteiger partial charge < -0.3 is 9.72 Å². The summed E-state index contributed by atoms with van der Waals surface area (Å²) in [6.07, 6.45) is 1.67. The summed E-state index contributed by atoms with van der Waals surface area (Å²) in [6.45, 7) is 2.17. The molecule has 138 valence electrons. The van der Waals surface area contributed by atoms with Gasteiger partial charge in [0.05, 0.1) is 18.3 Å². The monoisotopic (exact) mass is 368 g/mol. The van der Waals surface area contributed by atoms with Crippen molar-refractivity contribution in [1.82, 2.24) is 4.98 Å². The molecule has 4 heteroatoms. The molecule has 28 heavy (non-hydrogen) atoms. The van der Waals surface area contributed by atoms with Crippen molar-refractivity contribution in [2.75, 3.05) is 11.5 Å². The average Bonchev–Trinajstić information content (AvgIpc) is 3.17. The molecule has 1 aliphatic rings. The van der Waals surface area contributed by atoms with Crippen molar-refractivity contribution in [1.29, 1.82) is 0 Å². The van der Waals surface area contributed by atoms with E-state index in [2.05, 4.69) is 35.3 Å². The van der Waals surface area contributed by atoms with Gasteiger partial charge in [-0.2, -0.15) is 0 Å². The first kappa shape index (κ1) is 16.6. The number of fused-ring (bicyclic) bond motifs is 4. The molecular formula is C24H20N2O2. The van der Waals surface area contributed by atoms with Crippen molar-refractivity contribution in [3.63, 3.8) is 0 Å². The number of hydrogen-bond donors (Lipinski definition) is 1. The highest BCUT2D eigenvalue weighted by molar-refractivity contribution is 6.00. The van der Waals surface area contributed by atoms with Crippen LogP contribution in [0.2, 0.25) is 0 Å². The number of anilines is 1. The number of nitrogens with zero attached hydrogens (tertiary/aromatic N) is 1. The van der Waals surface area contributed by atoms with Gasteiger partial charge in [-0.1, -0.05) is 60.7 Å². The largest absolute Gasteiger partial charge is 0.449 e. The van der Waals surface area contributed by atoms with E-state index in [1.54, 1.807) is 4.90 Å². The lowest BCUT2D eigenvalue weighted by atomic mass is 9.85. The molecule has 1 aliphatic heterocycles. The first-order valence-electron chi connectivity index (χ1n) is 9.50. The molecule has 0 saturated carbocycles. The summed E-state index contributed by atoms with van der Waals surface area (Å²) in [5.41, 5.74) is 6.27. The van der Waals surface area contributed by atoms with Gasteiger partial charge in [-0.15, -0.1) is 0 Å². The fourth-order valence-electron chi connectivity index (χ4n) is 4.19. The summed E-state index contributed by atoms with van der Waals surface area (Å²) in [6, 6.07) is 24.2. The Bertz CT molecular complexity index is 1180. The van der Waals surface area contributed by atoms with Crippen LogP contribution >= 0.6 is 0 Å². The van der Waals surface area contributed by atoms with Crippen molar-refractivity contribution in [2.24, 2.45) is 0 Å². The van der Waals surface area contributed by atoms with E-state index < -0.39 is 0 Å². The number of hydrogen-bond acceptors (Lipinski definition) is 2. The van der Waals surface area contributed by atoms with Gasteiger partial charge in [-0.3, -0.25) is 4.90 Å². The molecule has 4 nitrogen and oxygen atoms in total. The fraction of sp³-hybridized carbons (Fsp3) is 0.125. The number of aromatic nitrogens is 1. The van der Waals surface area contributed by atoms with Gasteiger partial charge in [0.2, 0.25) is 0 Å². The Morgan fingerprint density at radius 3 is 2.50 bits per heavy atom. The summed E-state index contributed by atoms with van der Waals surface area (Å²) >= 11 is 0. The molecule has 2 heterocycles. The van der Waals surface area contributed by atoms with Crippen molar-refractivity contribution < 1.29 is 9.53 Å². The lowest BCUT2D eigenvalue weighted by molar-refractivity contribution is 0.158. The zero-order valence-corrected chi connectivity index (χ0v) is 15.6. The number of ether oxygens (including phenoxy) is 1. The summed E-state index contributed by atoms with van der Waals surface area (Å²) in [5.74, 6) is 0. The van der Waals surface area contributed by atoms with Crippen LogP contribution in [-0.4, -0.2) is 17.7 Å². The molecule has 0 radical (unpaired) electrons. The number of para-hydroxylation sites is 2. The Balaban J connectivity index is 1.81. The number of benzene rings is 3. The van der Waals surface area contributed by atoms with Gasteiger partial charge >= 0.3 is 6.09 Å². The Labute approximate surface area is 163 Å². The van der Waals surface area contributed by atoms with Gasteiger partial charge in [0, 0.05) is 28.2 Å². The maximum Gasteiger partial charge on any atom is 0.415 e. The van der Waals surface area contributed by atoms with Gasteiger partial charge in [-0.25, -0.2) is 4.79 Å². The molecule has 1 aromatic heterocycles. The highest BCUT2D eigenvalue weighted by Crippen LogP contribution is 2.48. The first-order valence-corrected chi connectivity index (χ1v) is 9.50. The molecule has 0 bridgehead atoms. The van der Waals surface area contributed by atoms with Crippen molar-refractivity contribution >= 4 is 22.7 Å². The van der Waals surface area contributed by atoms with Gasteiger partial charge in [0.1, 0.15) is 0 Å². The maximum atomic E-state index is 13.1. The quantitative estimate of drug-likeness (QED) is 0.479. The molecule has 0 aliphatic carbocycles. The van der Waals surface area contributed by atoms with Crippen LogP contribution in [0.25, 0.3) is 22.0 Å². The molecule has 1 atom stereocenters. The van der Waals surface area contributed by atoms with Crippen molar-refractivity contribution in [3.05, 3.63) is 90.1 Å². The number of carbonyl (C=O) groups is 1. The predicted molar refractivity (Wildman–Crippen MR) is 112 cm³/mol. The number of amides is 1. The van der Waals surface area contributed by atoms with E-state index in [4.69, 9.17) is 4.74 Å². The summed E-state index contributed by atoms with van der Waals surface area (Å²) in [5, 5.41) is 1.11. The molecule has 0 spiro atoms. The highest BCUT2D eigenvalue weighted by Gasteiger charge is 2.37. The van der Waals surface area contributed by atoms with E-state index in [-0.39, 0.29) is 12.1 Å². The SMILES string of the molecule is CCOC(=O)N1c2ccccc2-c2ccccc2C1c1c[nH]c2ccccc12. The Morgan fingerprint density at radius 2 is 1.64 bits per heavy atom. The molecular weight excluding hydrogens is 348 g/mol. The lowest BCUT2D eigenvalue weighted by Crippen LogP contribution is -2.38. The van der Waals surface area contributed by atoms with E-state index in [0.717, 1.165) is 38.8 Å². The van der Waals surface area contributed by atoms with E-state index in [1.807, 2.05) is 55.6 Å². The third-order valence-corrected chi connectivity index (χ3v) is 5.35. The molecule has 0 saturated heterocycles. The highest BCUT2D eigenvalue weighted by atomic mass is 16.6. The standard InChI is InChI=1S/C24H20N2O2/c1-2-28-24(27)26-22-14-8-6-11-18(22)16-9-3-4-12-19(16)23(26)20-15-25-21-13-7-5-10-17(20)21/h3-15,23,25H,2H2,1H3. The number of nitrogens with one attached hydrogen (secondary N) is 1. The van der Waals surface area contributed by atoms with Crippen LogP contribution in [0.1, 0.15) is 24.1 Å². The number of carbonyl (C=O) groups excluding carboxylic acids is 1. The molecule has 1 unspecified atom stereocenters. The van der Waals surface area contributed by atoms with E-state index in [1.165, 1.54) is 0 Å². The van der Waals surface area contributed by atoms with Gasteiger partial charge in [-0.05, 0) is 30.2 Å². The zero-order valence-electron chi connectivity index (χ0n) is 15.6. The van der Waals surface area contributed by atoms with Gasteiger partial charge in [0.25, 0.3) is 0 Å². The Morgan fingerprint density at radius 1 is 0.929 bits per heavy atom. The zero-order chi connectivity index (χ0) is 19.1. The van der Waals surface area contributed by atoms with Crippen LogP contribution in [0.4, 0.5) is 10.5 Å². The van der Waals surface area contributed by atoms with Crippen LogP contribution in [0.15, 0.2) is 79.0 Å². The molecule has 1 N–H and O–H groups in total. The average molecular weight is 368 g/mol. The second kappa shape index (κ2) is 6.57. The van der Waals surface area contributed by atoms with E-state index >= 15 is 0 Å². The smallest absolute Gasteiger partial charge is 0.415 e. The molecule has 1 amide bonds. The third kappa shape index (κ3) is 2.42. The molecule has 5 rings (SSSR count).